The highest BCUT2D eigenvalue weighted by molar-refractivity contribution is 4.24. The molecular weight excluding hydrogens is 82.0 g/mol. The van der Waals surface area contributed by atoms with Crippen LogP contribution in [0.25, 0.3) is 0 Å². The van der Waals surface area contributed by atoms with Gasteiger partial charge in [0.2, 0.25) is 0 Å². The minimum absolute atomic E-state index is 0.497. The Morgan fingerprint density at radius 2 is 2.50 bits per heavy atom. The lowest BCUT2D eigenvalue weighted by Gasteiger charge is -1.91. The number of rotatable bonds is 3. The van der Waals surface area contributed by atoms with Crippen molar-refractivity contribution in [1.82, 2.24) is 5.48 Å². The third kappa shape index (κ3) is 3.88. The first kappa shape index (κ1) is 5.88. The van der Waals surface area contributed by atoms with Crippen LogP contribution in [0.3, 0.4) is 0 Å². The van der Waals surface area contributed by atoms with E-state index < -0.39 is 0 Å². The number of hydrogen-bond donors (Lipinski definition) is 2. The van der Waals surface area contributed by atoms with E-state index in [-0.39, 0.29) is 0 Å². The zero-order valence-electron chi connectivity index (χ0n) is 3.77. The van der Waals surface area contributed by atoms with Crippen molar-refractivity contribution in [2.45, 2.75) is 0 Å². The van der Waals surface area contributed by atoms with Gasteiger partial charge in [0.05, 0.1) is 6.61 Å². The highest BCUT2D eigenvalue weighted by Crippen LogP contribution is 1.57. The molecule has 0 aliphatic carbocycles. The van der Waals surface area contributed by atoms with Crippen molar-refractivity contribution in [3.05, 3.63) is 0 Å². The van der Waals surface area contributed by atoms with Crippen molar-refractivity contribution in [2.24, 2.45) is 0 Å². The van der Waals surface area contributed by atoms with E-state index in [0.29, 0.717) is 13.2 Å². The average molecular weight is 91.1 g/mol. The largest absolute Gasteiger partial charge is 0.383 e. The molecule has 0 aliphatic rings. The van der Waals surface area contributed by atoms with Gasteiger partial charge in [-0.3, -0.25) is 0 Å². The quantitative estimate of drug-likeness (QED) is 0.367. The van der Waals surface area contributed by atoms with Crippen LogP contribution in [0.1, 0.15) is 0 Å². The molecule has 0 saturated carbocycles. The molecule has 0 radical (unpaired) electrons. The lowest BCUT2D eigenvalue weighted by atomic mass is 10.7. The molecule has 0 spiro atoms. The summed E-state index contributed by atoms with van der Waals surface area (Å²) in [5.41, 5.74) is 1.94. The Morgan fingerprint density at radius 1 is 1.83 bits per heavy atom. The Bertz CT molecular complexity index is 20.8. The van der Waals surface area contributed by atoms with Gasteiger partial charge in [0.15, 0.2) is 0 Å². The fraction of sp³-hybridized carbons (Fsp3) is 1.00. The summed E-state index contributed by atoms with van der Waals surface area (Å²) in [7, 11) is 1.58. The molecule has 38 valence electrons. The fourth-order valence-corrected chi connectivity index (χ4v) is 0.148. The van der Waals surface area contributed by atoms with Gasteiger partial charge in [-0.25, -0.2) is 5.48 Å². The molecule has 0 aromatic rings. The Kier molecular flexibility index (Phi) is 4.78. The van der Waals surface area contributed by atoms with E-state index in [1.165, 1.54) is 0 Å². The van der Waals surface area contributed by atoms with E-state index in [2.05, 4.69) is 4.74 Å². The van der Waals surface area contributed by atoms with Crippen molar-refractivity contribution in [1.29, 1.82) is 0 Å². The monoisotopic (exact) mass is 91.1 g/mol. The number of hydrogen-bond acceptors (Lipinski definition) is 3. The van der Waals surface area contributed by atoms with E-state index in [9.17, 15) is 0 Å². The zero-order valence-corrected chi connectivity index (χ0v) is 3.77. The second-order valence-electron chi connectivity index (χ2n) is 0.901. The molecular formula is C3H9NO2. The van der Waals surface area contributed by atoms with Crippen LogP contribution >= 0.6 is 0 Å². The van der Waals surface area contributed by atoms with E-state index in [1.807, 2.05) is 5.48 Å². The topological polar surface area (TPSA) is 41.5 Å². The van der Waals surface area contributed by atoms with Gasteiger partial charge in [0.1, 0.15) is 0 Å². The molecule has 0 atom stereocenters. The number of nitrogens with one attached hydrogen (secondary N) is 1. The van der Waals surface area contributed by atoms with Crippen molar-refractivity contribution < 1.29 is 9.94 Å². The van der Waals surface area contributed by atoms with E-state index >= 15 is 0 Å². The van der Waals surface area contributed by atoms with E-state index in [1.54, 1.807) is 7.11 Å². The summed E-state index contributed by atoms with van der Waals surface area (Å²) >= 11 is 0. The van der Waals surface area contributed by atoms with Crippen LogP contribution in [0.4, 0.5) is 0 Å². The van der Waals surface area contributed by atoms with Crippen molar-refractivity contribution >= 4 is 0 Å². The van der Waals surface area contributed by atoms with Crippen molar-refractivity contribution in [3.63, 3.8) is 0 Å². The van der Waals surface area contributed by atoms with Gasteiger partial charge in [-0.15, -0.1) is 0 Å². The molecule has 0 aromatic carbocycles. The Labute approximate surface area is 36.9 Å². The number of ether oxygens (including phenoxy) is 1. The molecule has 3 heteroatoms. The highest BCUT2D eigenvalue weighted by Gasteiger charge is 1.73. The maximum absolute atomic E-state index is 7.87. The minimum atomic E-state index is 0.497. The summed E-state index contributed by atoms with van der Waals surface area (Å²) in [4.78, 5) is 0. The molecule has 0 bridgehead atoms. The number of methoxy groups -OCH3 is 1. The summed E-state index contributed by atoms with van der Waals surface area (Å²) in [6, 6.07) is 0. The van der Waals surface area contributed by atoms with Gasteiger partial charge in [-0.2, -0.15) is 0 Å². The Hall–Kier alpha value is -0.120. The van der Waals surface area contributed by atoms with Crippen LogP contribution in [0.5, 0.6) is 0 Å². The summed E-state index contributed by atoms with van der Waals surface area (Å²) in [6.07, 6.45) is 0. The second kappa shape index (κ2) is 4.88. The average Bonchev–Trinajstić information content (AvgIpc) is 1.61. The Balaban J connectivity index is 2.34. The predicted molar refractivity (Wildman–Crippen MR) is 21.7 cm³/mol. The zero-order chi connectivity index (χ0) is 4.83. The third-order valence-corrected chi connectivity index (χ3v) is 0.418. The second-order valence-corrected chi connectivity index (χ2v) is 0.901. The van der Waals surface area contributed by atoms with E-state index in [4.69, 9.17) is 5.21 Å². The minimum Gasteiger partial charge on any atom is -0.383 e. The maximum Gasteiger partial charge on any atom is 0.0610 e. The van der Waals surface area contributed by atoms with Crippen LogP contribution in [0, 0.1) is 0 Å². The number of hydroxylamine groups is 1. The van der Waals surface area contributed by atoms with Crippen LogP contribution in [0.2, 0.25) is 0 Å². The first-order chi connectivity index (χ1) is 2.91. The smallest absolute Gasteiger partial charge is 0.0610 e. The van der Waals surface area contributed by atoms with Gasteiger partial charge in [0, 0.05) is 13.7 Å². The van der Waals surface area contributed by atoms with Gasteiger partial charge in [-0.1, -0.05) is 0 Å². The van der Waals surface area contributed by atoms with Crippen LogP contribution in [0.15, 0.2) is 0 Å². The van der Waals surface area contributed by atoms with Crippen LogP contribution < -0.4 is 5.48 Å². The standard InChI is InChI=1S/C3H9NO2/c1-6-3-2-4-5/h4-5H,2-3H2,1H3. The molecule has 2 N–H and O–H groups in total. The fourth-order valence-electron chi connectivity index (χ4n) is 0.148. The first-order valence-corrected chi connectivity index (χ1v) is 1.77. The Morgan fingerprint density at radius 3 is 2.67 bits per heavy atom. The molecule has 6 heavy (non-hydrogen) atoms. The molecule has 0 aromatic heterocycles. The summed E-state index contributed by atoms with van der Waals surface area (Å²) in [5, 5.41) is 7.87. The normalized spacial score (nSPS) is 9.00. The molecule has 0 rings (SSSR count). The SMILES string of the molecule is COCCNO. The summed E-state index contributed by atoms with van der Waals surface area (Å²) in [6.45, 7) is 1.05. The molecule has 0 aliphatic heterocycles. The molecule has 0 heterocycles. The van der Waals surface area contributed by atoms with E-state index in [0.717, 1.165) is 0 Å². The summed E-state index contributed by atoms with van der Waals surface area (Å²) in [5.74, 6) is 0. The van der Waals surface area contributed by atoms with Crippen molar-refractivity contribution in [2.75, 3.05) is 20.3 Å². The maximum atomic E-state index is 7.87. The third-order valence-electron chi connectivity index (χ3n) is 0.418. The predicted octanol–water partition coefficient (Wildman–Crippen LogP) is -0.388. The summed E-state index contributed by atoms with van der Waals surface area (Å²) < 4.78 is 4.56. The van der Waals surface area contributed by atoms with Gasteiger partial charge in [0.25, 0.3) is 0 Å². The molecule has 3 nitrogen and oxygen atoms in total. The molecule has 0 fully saturated rings. The van der Waals surface area contributed by atoms with Crippen LogP contribution in [-0.4, -0.2) is 25.5 Å². The van der Waals surface area contributed by atoms with Crippen molar-refractivity contribution in [3.8, 4) is 0 Å². The van der Waals surface area contributed by atoms with Crippen LogP contribution in [-0.2, 0) is 4.74 Å². The first-order valence-electron chi connectivity index (χ1n) is 1.77. The molecule has 0 amide bonds. The highest BCUT2D eigenvalue weighted by atomic mass is 16.5. The van der Waals surface area contributed by atoms with Gasteiger partial charge < -0.3 is 9.94 Å². The lowest BCUT2D eigenvalue weighted by Crippen LogP contribution is -2.13. The molecule has 0 unspecified atom stereocenters. The lowest BCUT2D eigenvalue weighted by molar-refractivity contribution is 0.118. The van der Waals surface area contributed by atoms with Gasteiger partial charge in [-0.05, 0) is 0 Å². The molecule has 0 saturated heterocycles. The van der Waals surface area contributed by atoms with Gasteiger partial charge >= 0.3 is 0 Å².